The number of nitrogens with zero attached hydrogens (tertiary/aromatic N) is 2. The first-order valence-corrected chi connectivity index (χ1v) is 8.52. The number of carboxylic acids is 1. The maximum absolute atomic E-state index is 12.2. The quantitative estimate of drug-likeness (QED) is 0.731. The average molecular weight is 352 g/mol. The summed E-state index contributed by atoms with van der Waals surface area (Å²) in [5.74, 6) is -1.40. The van der Waals surface area contributed by atoms with E-state index in [1.807, 2.05) is 54.6 Å². The highest BCUT2D eigenvalue weighted by Gasteiger charge is 2.18. The zero-order valence-corrected chi connectivity index (χ0v) is 14.3. The number of thiazole rings is 1. The van der Waals surface area contributed by atoms with Gasteiger partial charge in [-0.1, -0.05) is 53.8 Å². The highest BCUT2D eigenvalue weighted by atomic mass is 32.1. The molecule has 25 heavy (non-hydrogen) atoms. The molecule has 0 saturated heterocycles. The monoisotopic (exact) mass is 352 g/mol. The number of amides is 1. The molecule has 1 heterocycles. The third-order valence-electron chi connectivity index (χ3n) is 3.70. The smallest absolute Gasteiger partial charge is 0.326 e. The number of carbonyl (C=O) groups is 2. The lowest BCUT2D eigenvalue weighted by Crippen LogP contribution is -2.25. The Morgan fingerprint density at radius 3 is 2.52 bits per heavy atom. The van der Waals surface area contributed by atoms with Gasteiger partial charge in [0.25, 0.3) is 5.91 Å². The average Bonchev–Trinajstić information content (AvgIpc) is 2.97. The van der Waals surface area contributed by atoms with Gasteiger partial charge in [-0.2, -0.15) is 4.99 Å². The predicted molar refractivity (Wildman–Crippen MR) is 98.2 cm³/mol. The first kappa shape index (κ1) is 16.9. The van der Waals surface area contributed by atoms with E-state index in [2.05, 4.69) is 4.99 Å². The van der Waals surface area contributed by atoms with E-state index in [0.29, 0.717) is 4.80 Å². The summed E-state index contributed by atoms with van der Waals surface area (Å²) in [7, 11) is 0. The molecule has 0 fully saturated rings. The van der Waals surface area contributed by atoms with Crippen molar-refractivity contribution in [1.29, 1.82) is 0 Å². The molecule has 126 valence electrons. The molecule has 0 saturated carbocycles. The lowest BCUT2D eigenvalue weighted by molar-refractivity contribution is -0.140. The van der Waals surface area contributed by atoms with Crippen LogP contribution in [0, 0.1) is 0 Å². The van der Waals surface area contributed by atoms with Crippen LogP contribution in [-0.4, -0.2) is 21.6 Å². The van der Waals surface area contributed by atoms with Gasteiger partial charge >= 0.3 is 5.97 Å². The van der Waals surface area contributed by atoms with Gasteiger partial charge in [0, 0.05) is 6.08 Å². The molecule has 0 spiro atoms. The third-order valence-corrected chi connectivity index (χ3v) is 4.74. The summed E-state index contributed by atoms with van der Waals surface area (Å²) in [6.45, 7) is 1.57. The summed E-state index contributed by atoms with van der Waals surface area (Å²) in [5.41, 5.74) is 1.65. The van der Waals surface area contributed by atoms with E-state index in [-0.39, 0.29) is 0 Å². The Labute approximate surface area is 148 Å². The van der Waals surface area contributed by atoms with Crippen LogP contribution in [0.1, 0.15) is 18.5 Å². The minimum absolute atomic E-state index is 0.374. The van der Waals surface area contributed by atoms with Crippen LogP contribution < -0.4 is 4.80 Å². The molecule has 1 N–H and O–H groups in total. The van der Waals surface area contributed by atoms with Gasteiger partial charge in [-0.3, -0.25) is 4.79 Å². The summed E-state index contributed by atoms with van der Waals surface area (Å²) < 4.78 is 2.46. The van der Waals surface area contributed by atoms with Gasteiger partial charge in [-0.05, 0) is 30.7 Å². The highest BCUT2D eigenvalue weighted by molar-refractivity contribution is 7.16. The second-order valence-corrected chi connectivity index (χ2v) is 6.44. The van der Waals surface area contributed by atoms with E-state index in [1.165, 1.54) is 17.4 Å². The van der Waals surface area contributed by atoms with E-state index in [4.69, 9.17) is 0 Å². The first-order valence-electron chi connectivity index (χ1n) is 7.71. The van der Waals surface area contributed by atoms with Crippen molar-refractivity contribution in [2.24, 2.45) is 4.99 Å². The van der Waals surface area contributed by atoms with Crippen LogP contribution in [0.3, 0.4) is 0 Å². The molecule has 0 aliphatic rings. The van der Waals surface area contributed by atoms with Crippen molar-refractivity contribution < 1.29 is 14.7 Å². The highest BCUT2D eigenvalue weighted by Crippen LogP contribution is 2.20. The van der Waals surface area contributed by atoms with Crippen molar-refractivity contribution in [2.45, 2.75) is 13.0 Å². The number of carboxylic acid groups (broad SMARTS) is 1. The van der Waals surface area contributed by atoms with Crippen LogP contribution in [0.15, 0.2) is 65.7 Å². The maximum Gasteiger partial charge on any atom is 0.326 e. The lowest BCUT2D eigenvalue weighted by atomic mass is 10.2. The Morgan fingerprint density at radius 1 is 1.12 bits per heavy atom. The Balaban J connectivity index is 2.03. The molecular weight excluding hydrogens is 336 g/mol. The van der Waals surface area contributed by atoms with E-state index in [1.54, 1.807) is 17.6 Å². The Morgan fingerprint density at radius 2 is 1.80 bits per heavy atom. The predicted octanol–water partition coefficient (Wildman–Crippen LogP) is 3.49. The molecule has 0 aliphatic carbocycles. The van der Waals surface area contributed by atoms with E-state index in [9.17, 15) is 14.7 Å². The molecule has 1 unspecified atom stereocenters. The van der Waals surface area contributed by atoms with Gasteiger partial charge in [-0.15, -0.1) is 0 Å². The van der Waals surface area contributed by atoms with Crippen molar-refractivity contribution in [3.05, 3.63) is 71.0 Å². The molecule has 1 atom stereocenters. The number of aliphatic carboxylic acids is 1. The lowest BCUT2D eigenvalue weighted by Gasteiger charge is -2.09. The fourth-order valence-electron chi connectivity index (χ4n) is 2.42. The number of hydrogen-bond donors (Lipinski definition) is 1. The second-order valence-electron chi connectivity index (χ2n) is 5.43. The fourth-order valence-corrected chi connectivity index (χ4v) is 3.52. The van der Waals surface area contributed by atoms with E-state index in [0.717, 1.165) is 15.8 Å². The fraction of sp³-hybridized carbons (Fsp3) is 0.105. The van der Waals surface area contributed by atoms with E-state index < -0.39 is 17.9 Å². The summed E-state index contributed by atoms with van der Waals surface area (Å²) in [4.78, 5) is 28.1. The normalized spacial score (nSPS) is 13.4. The number of rotatable bonds is 4. The molecule has 1 aromatic heterocycles. The molecule has 0 radical (unpaired) electrons. The van der Waals surface area contributed by atoms with Gasteiger partial charge in [0.2, 0.25) is 0 Å². The molecule has 0 bridgehead atoms. The number of fused-ring (bicyclic) bond motifs is 1. The molecular formula is C19H16N2O3S. The minimum Gasteiger partial charge on any atom is -0.480 e. The summed E-state index contributed by atoms with van der Waals surface area (Å²) in [6.07, 6.45) is 3.07. The topological polar surface area (TPSA) is 71.7 Å². The first-order chi connectivity index (χ1) is 12.1. The molecule has 6 heteroatoms. The number of para-hydroxylation sites is 1. The van der Waals surface area contributed by atoms with Crippen LogP contribution in [0.2, 0.25) is 0 Å². The van der Waals surface area contributed by atoms with Crippen LogP contribution >= 0.6 is 11.3 Å². The zero-order valence-electron chi connectivity index (χ0n) is 13.5. The van der Waals surface area contributed by atoms with Gasteiger partial charge < -0.3 is 9.67 Å². The van der Waals surface area contributed by atoms with Crippen LogP contribution in [0.25, 0.3) is 16.3 Å². The molecule has 3 aromatic rings. The van der Waals surface area contributed by atoms with Gasteiger partial charge in [0.15, 0.2) is 4.80 Å². The Bertz CT molecular complexity index is 1020. The van der Waals surface area contributed by atoms with Crippen LogP contribution in [-0.2, 0) is 9.59 Å². The molecule has 1 amide bonds. The van der Waals surface area contributed by atoms with Crippen molar-refractivity contribution in [3.63, 3.8) is 0 Å². The van der Waals surface area contributed by atoms with Crippen molar-refractivity contribution in [1.82, 2.24) is 4.57 Å². The standard InChI is InChI=1S/C19H16N2O3S/c1-13(18(23)24)21-15-9-5-6-10-16(15)25-19(21)20-17(22)12-11-14-7-3-2-4-8-14/h2-13H,1H3,(H,23,24). The van der Waals surface area contributed by atoms with Crippen LogP contribution in [0.4, 0.5) is 0 Å². The number of hydrogen-bond acceptors (Lipinski definition) is 3. The van der Waals surface area contributed by atoms with Crippen molar-refractivity contribution in [2.75, 3.05) is 0 Å². The Kier molecular flexibility index (Phi) is 4.90. The summed E-state index contributed by atoms with van der Waals surface area (Å²) >= 11 is 1.30. The number of carbonyl (C=O) groups excluding carboxylic acids is 1. The molecule has 2 aromatic carbocycles. The van der Waals surface area contributed by atoms with Gasteiger partial charge in [0.05, 0.1) is 10.2 Å². The maximum atomic E-state index is 12.2. The van der Waals surface area contributed by atoms with Gasteiger partial charge in [0.1, 0.15) is 6.04 Å². The third kappa shape index (κ3) is 3.75. The Hall–Kier alpha value is -2.99. The molecule has 0 aliphatic heterocycles. The molecule has 3 rings (SSSR count). The summed E-state index contributed by atoms with van der Waals surface area (Å²) in [5, 5.41) is 9.37. The van der Waals surface area contributed by atoms with Crippen LogP contribution in [0.5, 0.6) is 0 Å². The van der Waals surface area contributed by atoms with Gasteiger partial charge in [-0.25, -0.2) is 4.79 Å². The number of aromatic nitrogens is 1. The minimum atomic E-state index is -0.975. The van der Waals surface area contributed by atoms with Crippen molar-refractivity contribution in [3.8, 4) is 0 Å². The number of benzene rings is 2. The van der Waals surface area contributed by atoms with E-state index >= 15 is 0 Å². The largest absolute Gasteiger partial charge is 0.480 e. The zero-order chi connectivity index (χ0) is 17.8. The van der Waals surface area contributed by atoms with Crippen molar-refractivity contribution >= 4 is 39.5 Å². The second kappa shape index (κ2) is 7.27. The molecule has 5 nitrogen and oxygen atoms in total. The summed E-state index contributed by atoms with van der Waals surface area (Å²) in [6, 6.07) is 16.0. The SMILES string of the molecule is CC(C(=O)O)n1c(=NC(=O)C=Cc2ccccc2)sc2ccccc21.